The third-order valence-electron chi connectivity index (χ3n) is 4.39. The molecule has 1 aliphatic heterocycles. The summed E-state index contributed by atoms with van der Waals surface area (Å²) in [5.41, 5.74) is 7.40. The van der Waals surface area contributed by atoms with E-state index in [-0.39, 0.29) is 0 Å². The lowest BCUT2D eigenvalue weighted by atomic mass is 9.92. The van der Waals surface area contributed by atoms with Crippen molar-refractivity contribution in [2.75, 3.05) is 25.9 Å². The maximum Gasteiger partial charge on any atom is 0.0470 e. The molecule has 1 heterocycles. The summed E-state index contributed by atoms with van der Waals surface area (Å²) in [7, 11) is 0. The topological polar surface area (TPSA) is 29.3 Å². The van der Waals surface area contributed by atoms with Gasteiger partial charge in [0.05, 0.1) is 0 Å². The van der Waals surface area contributed by atoms with Gasteiger partial charge in [0.2, 0.25) is 0 Å². The maximum atomic E-state index is 6.03. The molecule has 0 aromatic heterocycles. The van der Waals surface area contributed by atoms with Crippen molar-refractivity contribution >= 4 is 11.8 Å². The lowest BCUT2D eigenvalue weighted by Crippen LogP contribution is -2.39. The van der Waals surface area contributed by atoms with Crippen LogP contribution < -0.4 is 5.73 Å². The van der Waals surface area contributed by atoms with E-state index in [0.29, 0.717) is 6.04 Å². The lowest BCUT2D eigenvalue weighted by Gasteiger charge is -2.37. The predicted octanol–water partition coefficient (Wildman–Crippen LogP) is 3.53. The van der Waals surface area contributed by atoms with Gasteiger partial charge in [-0.15, -0.1) is 11.8 Å². The van der Waals surface area contributed by atoms with Crippen LogP contribution in [0.15, 0.2) is 29.2 Å². The molecule has 0 bridgehead atoms. The zero-order valence-corrected chi connectivity index (χ0v) is 13.0. The highest BCUT2D eigenvalue weighted by Crippen LogP contribution is 2.28. The number of hydrogen-bond acceptors (Lipinski definition) is 3. The minimum Gasteiger partial charge on any atom is -0.329 e. The van der Waals surface area contributed by atoms with Gasteiger partial charge >= 0.3 is 0 Å². The number of likely N-dealkylation sites (tertiary alicyclic amines) is 1. The van der Waals surface area contributed by atoms with Crippen LogP contribution in [0.4, 0.5) is 0 Å². The predicted molar refractivity (Wildman–Crippen MR) is 84.6 cm³/mol. The van der Waals surface area contributed by atoms with Crippen molar-refractivity contribution in [3.8, 4) is 0 Å². The molecule has 19 heavy (non-hydrogen) atoms. The van der Waals surface area contributed by atoms with Crippen molar-refractivity contribution in [2.24, 2.45) is 11.7 Å². The number of nitrogens with zero attached hydrogens (tertiary/aromatic N) is 1. The van der Waals surface area contributed by atoms with E-state index in [9.17, 15) is 0 Å². The van der Waals surface area contributed by atoms with Crippen molar-refractivity contribution < 1.29 is 0 Å². The molecular weight excluding hydrogens is 252 g/mol. The molecule has 1 fully saturated rings. The Labute approximate surface area is 121 Å². The molecule has 1 aromatic rings. The van der Waals surface area contributed by atoms with Crippen LogP contribution in [-0.4, -0.2) is 30.8 Å². The van der Waals surface area contributed by atoms with Gasteiger partial charge in [-0.05, 0) is 55.8 Å². The molecule has 1 saturated heterocycles. The zero-order valence-electron chi connectivity index (χ0n) is 12.1. The first-order valence-corrected chi connectivity index (χ1v) is 8.59. The van der Waals surface area contributed by atoms with Crippen LogP contribution >= 0.6 is 11.8 Å². The normalized spacial score (nSPS) is 19.5. The van der Waals surface area contributed by atoms with Crippen LogP contribution in [-0.2, 0) is 0 Å². The first kappa shape index (κ1) is 14.9. The van der Waals surface area contributed by atoms with Crippen LogP contribution in [0.2, 0.25) is 0 Å². The Balaban J connectivity index is 2.03. The number of piperidine rings is 1. The molecule has 1 aromatic carbocycles. The van der Waals surface area contributed by atoms with Crippen LogP contribution in [0.3, 0.4) is 0 Å². The molecule has 3 heteroatoms. The Bertz CT molecular complexity index is 369. The highest BCUT2D eigenvalue weighted by molar-refractivity contribution is 7.98. The number of thioether (sulfide) groups is 1. The summed E-state index contributed by atoms with van der Waals surface area (Å²) in [6, 6.07) is 9.31. The third-order valence-corrected chi connectivity index (χ3v) is 5.13. The minimum atomic E-state index is 0.397. The van der Waals surface area contributed by atoms with Gasteiger partial charge in [-0.1, -0.05) is 25.5 Å². The van der Waals surface area contributed by atoms with Gasteiger partial charge in [0, 0.05) is 17.5 Å². The minimum absolute atomic E-state index is 0.397. The van der Waals surface area contributed by atoms with Crippen molar-refractivity contribution in [3.05, 3.63) is 29.8 Å². The lowest BCUT2D eigenvalue weighted by molar-refractivity contribution is 0.134. The molecule has 0 spiro atoms. The zero-order chi connectivity index (χ0) is 13.7. The van der Waals surface area contributed by atoms with Crippen molar-refractivity contribution in [2.45, 2.75) is 37.1 Å². The van der Waals surface area contributed by atoms with Crippen molar-refractivity contribution in [3.63, 3.8) is 0 Å². The highest BCUT2D eigenvalue weighted by atomic mass is 32.2. The second kappa shape index (κ2) is 7.32. The van der Waals surface area contributed by atoms with Crippen LogP contribution in [0, 0.1) is 5.92 Å². The van der Waals surface area contributed by atoms with Crippen molar-refractivity contribution in [1.29, 1.82) is 0 Å². The highest BCUT2D eigenvalue weighted by Gasteiger charge is 2.24. The Morgan fingerprint density at radius 2 is 1.89 bits per heavy atom. The molecule has 0 radical (unpaired) electrons. The number of benzene rings is 1. The number of nitrogens with two attached hydrogens (primary N) is 1. The fraction of sp³-hybridized carbons (Fsp3) is 0.625. The van der Waals surface area contributed by atoms with Gasteiger partial charge in [0.1, 0.15) is 0 Å². The van der Waals surface area contributed by atoms with Crippen LogP contribution in [0.1, 0.15) is 37.8 Å². The average molecular weight is 278 g/mol. The van der Waals surface area contributed by atoms with Gasteiger partial charge in [-0.2, -0.15) is 0 Å². The quantitative estimate of drug-likeness (QED) is 0.836. The summed E-state index contributed by atoms with van der Waals surface area (Å²) in [5, 5.41) is 0. The van der Waals surface area contributed by atoms with Gasteiger partial charge in [-0.25, -0.2) is 0 Å². The molecule has 2 rings (SSSR count). The van der Waals surface area contributed by atoms with Crippen molar-refractivity contribution in [1.82, 2.24) is 4.90 Å². The van der Waals surface area contributed by atoms with E-state index < -0.39 is 0 Å². The van der Waals surface area contributed by atoms with Crippen LogP contribution in [0.25, 0.3) is 0 Å². The second-order valence-electron chi connectivity index (χ2n) is 5.41. The first-order valence-electron chi connectivity index (χ1n) is 7.36. The summed E-state index contributed by atoms with van der Waals surface area (Å²) in [6.07, 6.45) is 6.10. The van der Waals surface area contributed by atoms with E-state index in [2.05, 4.69) is 42.3 Å². The molecule has 106 valence electrons. The number of hydrogen-bond donors (Lipinski definition) is 1. The van der Waals surface area contributed by atoms with E-state index in [1.807, 2.05) is 0 Å². The van der Waals surface area contributed by atoms with E-state index in [4.69, 9.17) is 5.73 Å². The van der Waals surface area contributed by atoms with Gasteiger partial charge < -0.3 is 5.73 Å². The maximum absolute atomic E-state index is 6.03. The Kier molecular flexibility index (Phi) is 5.74. The summed E-state index contributed by atoms with van der Waals surface area (Å²) >= 11 is 1.79. The molecule has 0 saturated carbocycles. The van der Waals surface area contributed by atoms with Gasteiger partial charge in [-0.3, -0.25) is 4.90 Å². The second-order valence-corrected chi connectivity index (χ2v) is 6.29. The van der Waals surface area contributed by atoms with Gasteiger partial charge in [0.15, 0.2) is 0 Å². The summed E-state index contributed by atoms with van der Waals surface area (Å²) in [4.78, 5) is 3.89. The summed E-state index contributed by atoms with van der Waals surface area (Å²) in [6.45, 7) is 5.42. The molecule has 2 nitrogen and oxygen atoms in total. The SMILES string of the molecule is CCC1CCN(C(CN)c2ccc(SC)cc2)CC1. The fourth-order valence-electron chi connectivity index (χ4n) is 2.99. The summed E-state index contributed by atoms with van der Waals surface area (Å²) in [5.74, 6) is 0.925. The molecule has 1 unspecified atom stereocenters. The van der Waals surface area contributed by atoms with E-state index in [1.165, 1.54) is 42.8 Å². The standard InChI is InChI=1S/C16H26N2S/c1-3-13-8-10-18(11-9-13)16(12-17)14-4-6-15(19-2)7-5-14/h4-7,13,16H,3,8-12,17H2,1-2H3. The molecule has 2 N–H and O–H groups in total. The summed E-state index contributed by atoms with van der Waals surface area (Å²) < 4.78 is 0. The Hall–Kier alpha value is -0.510. The largest absolute Gasteiger partial charge is 0.329 e. The molecule has 0 amide bonds. The molecule has 0 aliphatic carbocycles. The molecule has 1 aliphatic rings. The van der Waals surface area contributed by atoms with E-state index in [0.717, 1.165) is 12.5 Å². The average Bonchev–Trinajstić information content (AvgIpc) is 2.49. The number of rotatable bonds is 5. The van der Waals surface area contributed by atoms with E-state index >= 15 is 0 Å². The van der Waals surface area contributed by atoms with Gasteiger partial charge in [0.25, 0.3) is 0 Å². The Morgan fingerprint density at radius 3 is 2.37 bits per heavy atom. The monoisotopic (exact) mass is 278 g/mol. The third kappa shape index (κ3) is 3.74. The Morgan fingerprint density at radius 1 is 1.26 bits per heavy atom. The molecule has 1 atom stereocenters. The first-order chi connectivity index (χ1) is 9.28. The van der Waals surface area contributed by atoms with Crippen LogP contribution in [0.5, 0.6) is 0 Å². The fourth-order valence-corrected chi connectivity index (χ4v) is 3.40. The van der Waals surface area contributed by atoms with E-state index in [1.54, 1.807) is 11.8 Å². The smallest absolute Gasteiger partial charge is 0.0470 e. The molecular formula is C16H26N2S.